The van der Waals surface area contributed by atoms with Crippen LogP contribution in [0.15, 0.2) is 18.2 Å². The van der Waals surface area contributed by atoms with Crippen molar-refractivity contribution in [1.29, 1.82) is 0 Å². The molecule has 2 fully saturated rings. The van der Waals surface area contributed by atoms with E-state index in [0.717, 1.165) is 32.5 Å². The fourth-order valence-electron chi connectivity index (χ4n) is 3.39. The third-order valence-corrected chi connectivity index (χ3v) is 5.00. The van der Waals surface area contributed by atoms with Crippen LogP contribution in [0.1, 0.15) is 29.6 Å². The Balaban J connectivity index is 1.76. The van der Waals surface area contributed by atoms with Crippen molar-refractivity contribution in [3.05, 3.63) is 33.8 Å². The maximum absolute atomic E-state index is 12.9. The van der Waals surface area contributed by atoms with E-state index in [9.17, 15) is 9.59 Å². The summed E-state index contributed by atoms with van der Waals surface area (Å²) in [5.74, 6) is -0.124. The average Bonchev–Trinajstić information content (AvgIpc) is 2.87. The maximum Gasteiger partial charge on any atom is 0.254 e. The molecule has 0 radical (unpaired) electrons. The number of carbonyl (C=O) groups is 2. The SMILES string of the molecule is O=C(C1CCCN1C(=O)c1cc(Cl)cc(Cl)c1)N1CCCNCC1. The van der Waals surface area contributed by atoms with E-state index in [4.69, 9.17) is 23.2 Å². The van der Waals surface area contributed by atoms with E-state index in [1.54, 1.807) is 23.1 Å². The summed E-state index contributed by atoms with van der Waals surface area (Å²) in [5, 5.41) is 4.14. The topological polar surface area (TPSA) is 52.7 Å². The molecule has 7 heteroatoms. The molecule has 1 aromatic carbocycles. The lowest BCUT2D eigenvalue weighted by molar-refractivity contribution is -0.135. The molecule has 2 heterocycles. The van der Waals surface area contributed by atoms with Gasteiger partial charge in [-0.1, -0.05) is 23.2 Å². The van der Waals surface area contributed by atoms with E-state index < -0.39 is 0 Å². The maximum atomic E-state index is 12.9. The Morgan fingerprint density at radius 3 is 2.50 bits per heavy atom. The number of rotatable bonds is 2. The van der Waals surface area contributed by atoms with E-state index in [-0.39, 0.29) is 17.9 Å². The van der Waals surface area contributed by atoms with Gasteiger partial charge < -0.3 is 15.1 Å². The molecule has 0 aromatic heterocycles. The largest absolute Gasteiger partial charge is 0.340 e. The van der Waals surface area contributed by atoms with Gasteiger partial charge >= 0.3 is 0 Å². The van der Waals surface area contributed by atoms with Crippen LogP contribution in [0.25, 0.3) is 0 Å². The molecule has 2 aliphatic heterocycles. The van der Waals surface area contributed by atoms with Gasteiger partial charge in [0.25, 0.3) is 5.91 Å². The minimum Gasteiger partial charge on any atom is -0.340 e. The molecule has 1 N–H and O–H groups in total. The molecule has 24 heavy (non-hydrogen) atoms. The van der Waals surface area contributed by atoms with Crippen LogP contribution in [0.2, 0.25) is 10.0 Å². The van der Waals surface area contributed by atoms with E-state index in [1.807, 2.05) is 4.90 Å². The van der Waals surface area contributed by atoms with Crippen molar-refractivity contribution in [2.24, 2.45) is 0 Å². The summed E-state index contributed by atoms with van der Waals surface area (Å²) < 4.78 is 0. The minimum absolute atomic E-state index is 0.0534. The average molecular weight is 370 g/mol. The van der Waals surface area contributed by atoms with Crippen LogP contribution >= 0.6 is 23.2 Å². The van der Waals surface area contributed by atoms with Gasteiger partial charge in [-0.2, -0.15) is 0 Å². The van der Waals surface area contributed by atoms with Crippen molar-refractivity contribution in [3.8, 4) is 0 Å². The highest BCUT2D eigenvalue weighted by atomic mass is 35.5. The van der Waals surface area contributed by atoms with Crippen molar-refractivity contribution < 1.29 is 9.59 Å². The molecule has 130 valence electrons. The second kappa shape index (κ2) is 7.72. The number of halogens is 2. The Morgan fingerprint density at radius 1 is 1.00 bits per heavy atom. The van der Waals surface area contributed by atoms with Gasteiger partial charge in [-0.25, -0.2) is 0 Å². The first-order valence-electron chi connectivity index (χ1n) is 8.33. The smallest absolute Gasteiger partial charge is 0.254 e. The van der Waals surface area contributed by atoms with E-state index in [2.05, 4.69) is 5.32 Å². The Labute approximate surface area is 151 Å². The summed E-state index contributed by atoms with van der Waals surface area (Å²) in [6, 6.07) is 4.42. The Hall–Kier alpha value is -1.30. The Kier molecular flexibility index (Phi) is 5.64. The predicted molar refractivity (Wildman–Crippen MR) is 94.6 cm³/mol. The first-order chi connectivity index (χ1) is 11.6. The van der Waals surface area contributed by atoms with E-state index in [1.165, 1.54) is 0 Å². The molecule has 1 atom stereocenters. The predicted octanol–water partition coefficient (Wildman–Crippen LogP) is 2.42. The van der Waals surface area contributed by atoms with Gasteiger partial charge in [-0.05, 0) is 44.0 Å². The summed E-state index contributed by atoms with van der Waals surface area (Å²) in [7, 11) is 0. The molecular weight excluding hydrogens is 349 g/mol. The summed E-state index contributed by atoms with van der Waals surface area (Å²) in [4.78, 5) is 29.3. The first kappa shape index (κ1) is 17.5. The number of nitrogens with one attached hydrogen (secondary N) is 1. The molecule has 0 aliphatic carbocycles. The lowest BCUT2D eigenvalue weighted by Crippen LogP contribution is -2.48. The molecule has 2 amide bonds. The van der Waals surface area contributed by atoms with Crippen LogP contribution in [-0.2, 0) is 4.79 Å². The zero-order valence-electron chi connectivity index (χ0n) is 13.4. The van der Waals surface area contributed by atoms with Crippen molar-refractivity contribution in [2.45, 2.75) is 25.3 Å². The molecule has 0 spiro atoms. The summed E-state index contributed by atoms with van der Waals surface area (Å²) in [6.07, 6.45) is 2.49. The Morgan fingerprint density at radius 2 is 1.75 bits per heavy atom. The number of likely N-dealkylation sites (tertiary alicyclic amines) is 1. The lowest BCUT2D eigenvalue weighted by Gasteiger charge is -2.29. The van der Waals surface area contributed by atoms with Gasteiger partial charge in [0.15, 0.2) is 0 Å². The molecule has 1 unspecified atom stereocenters. The molecule has 5 nitrogen and oxygen atoms in total. The summed E-state index contributed by atoms with van der Waals surface area (Å²) in [5.41, 5.74) is 0.435. The quantitative estimate of drug-likeness (QED) is 0.870. The highest BCUT2D eigenvalue weighted by Crippen LogP contribution is 2.25. The van der Waals surface area contributed by atoms with Crippen molar-refractivity contribution in [1.82, 2.24) is 15.1 Å². The molecule has 0 bridgehead atoms. The van der Waals surface area contributed by atoms with Crippen LogP contribution in [-0.4, -0.2) is 60.4 Å². The standard InChI is InChI=1S/C17H21Cl2N3O2/c18-13-9-12(10-14(19)11-13)16(23)22-7-1-3-15(22)17(24)21-6-2-4-20-5-8-21/h9-11,15,20H,1-8H2. The Bertz CT molecular complexity index is 610. The molecule has 0 saturated carbocycles. The number of carbonyl (C=O) groups excluding carboxylic acids is 2. The number of hydrogen-bond acceptors (Lipinski definition) is 3. The van der Waals surface area contributed by atoms with Crippen LogP contribution in [0.4, 0.5) is 0 Å². The lowest BCUT2D eigenvalue weighted by atomic mass is 10.1. The molecule has 1 aromatic rings. The van der Waals surface area contributed by atoms with Crippen molar-refractivity contribution >= 4 is 35.0 Å². The third kappa shape index (κ3) is 3.85. The van der Waals surface area contributed by atoms with E-state index in [0.29, 0.717) is 35.1 Å². The van der Waals surface area contributed by atoms with Crippen molar-refractivity contribution in [3.63, 3.8) is 0 Å². The summed E-state index contributed by atoms with van der Waals surface area (Å²) in [6.45, 7) is 3.76. The van der Waals surface area contributed by atoms with Crippen LogP contribution < -0.4 is 5.32 Å². The molecule has 2 aliphatic rings. The fourth-order valence-corrected chi connectivity index (χ4v) is 3.91. The minimum atomic E-state index is -0.381. The van der Waals surface area contributed by atoms with Crippen molar-refractivity contribution in [2.75, 3.05) is 32.7 Å². The normalized spacial score (nSPS) is 21.7. The zero-order valence-corrected chi connectivity index (χ0v) is 14.9. The van der Waals surface area contributed by atoms with Crippen LogP contribution in [0.5, 0.6) is 0 Å². The third-order valence-electron chi connectivity index (χ3n) is 4.56. The van der Waals surface area contributed by atoms with Gasteiger partial charge in [0.1, 0.15) is 6.04 Å². The van der Waals surface area contributed by atoms with Gasteiger partial charge in [0.2, 0.25) is 5.91 Å². The molecular formula is C17H21Cl2N3O2. The van der Waals surface area contributed by atoms with E-state index >= 15 is 0 Å². The van der Waals surface area contributed by atoms with Gasteiger partial charge in [-0.3, -0.25) is 9.59 Å². The number of nitrogens with zero attached hydrogens (tertiary/aromatic N) is 2. The zero-order chi connectivity index (χ0) is 17.1. The highest BCUT2D eigenvalue weighted by Gasteiger charge is 2.37. The second-order valence-corrected chi connectivity index (χ2v) is 7.12. The monoisotopic (exact) mass is 369 g/mol. The number of hydrogen-bond donors (Lipinski definition) is 1. The van der Waals surface area contributed by atoms with Gasteiger partial charge in [0.05, 0.1) is 0 Å². The fraction of sp³-hybridized carbons (Fsp3) is 0.529. The molecule has 2 saturated heterocycles. The van der Waals surface area contributed by atoms with Crippen LogP contribution in [0, 0.1) is 0 Å². The number of amides is 2. The highest BCUT2D eigenvalue weighted by molar-refractivity contribution is 6.35. The number of benzene rings is 1. The second-order valence-electron chi connectivity index (χ2n) is 6.24. The van der Waals surface area contributed by atoms with Gasteiger partial charge in [-0.15, -0.1) is 0 Å². The molecule has 3 rings (SSSR count). The summed E-state index contributed by atoms with van der Waals surface area (Å²) >= 11 is 12.0. The van der Waals surface area contributed by atoms with Crippen LogP contribution in [0.3, 0.4) is 0 Å². The van der Waals surface area contributed by atoms with Gasteiger partial charge in [0, 0.05) is 41.8 Å². The first-order valence-corrected chi connectivity index (χ1v) is 9.08.